The van der Waals surface area contributed by atoms with Gasteiger partial charge in [-0.05, 0) is 18.7 Å². The Kier molecular flexibility index (Phi) is 4.42. The smallest absolute Gasteiger partial charge is 0.257 e. The monoisotopic (exact) mass is 237 g/mol. The molecule has 0 aliphatic carbocycles. The number of hydrogen-bond acceptors (Lipinski definition) is 1. The maximum absolute atomic E-state index is 13.3. The molecule has 0 aliphatic heterocycles. The molecule has 0 saturated carbocycles. The molecule has 0 saturated heterocycles. The Bertz CT molecular complexity index is 330. The van der Waals surface area contributed by atoms with E-state index in [0.717, 1.165) is 6.07 Å². The first-order chi connectivity index (χ1) is 7.06. The third-order valence-corrected chi connectivity index (χ3v) is 2.21. The second kappa shape index (κ2) is 5.37. The molecule has 1 aromatic rings. The third-order valence-electron chi connectivity index (χ3n) is 1.97. The molecule has 1 N–H and O–H groups in total. The van der Waals surface area contributed by atoms with Crippen LogP contribution in [0.1, 0.15) is 18.5 Å². The minimum absolute atomic E-state index is 0.0590. The van der Waals surface area contributed by atoms with Crippen LogP contribution in [0, 0.1) is 5.82 Å². The lowest BCUT2D eigenvalue weighted by molar-refractivity contribution is 0.0975. The Morgan fingerprint density at radius 2 is 2.07 bits per heavy atom. The fourth-order valence-electron chi connectivity index (χ4n) is 1.31. The highest BCUT2D eigenvalue weighted by molar-refractivity contribution is 6.30. The van der Waals surface area contributed by atoms with E-state index in [9.17, 15) is 13.2 Å². The summed E-state index contributed by atoms with van der Waals surface area (Å²) in [6, 6.07) is 2.42. The lowest BCUT2D eigenvalue weighted by atomic mass is 10.1. The van der Waals surface area contributed by atoms with Gasteiger partial charge >= 0.3 is 0 Å². The Morgan fingerprint density at radius 1 is 1.40 bits per heavy atom. The molecule has 1 rings (SSSR count). The molecule has 0 spiro atoms. The summed E-state index contributed by atoms with van der Waals surface area (Å²) in [5, 5.41) is 2.72. The lowest BCUT2D eigenvalue weighted by Crippen LogP contribution is -2.27. The Hall–Kier alpha value is -0.740. The van der Waals surface area contributed by atoms with E-state index < -0.39 is 18.3 Å². The van der Waals surface area contributed by atoms with E-state index in [1.54, 1.807) is 6.92 Å². The first-order valence-electron chi connectivity index (χ1n) is 4.52. The summed E-state index contributed by atoms with van der Waals surface area (Å²) in [6.45, 7) is 2.03. The minimum atomic E-state index is -2.65. The van der Waals surface area contributed by atoms with Crippen molar-refractivity contribution in [2.75, 3.05) is 6.54 Å². The van der Waals surface area contributed by atoms with Crippen molar-refractivity contribution in [3.63, 3.8) is 0 Å². The molecule has 0 heterocycles. The Labute approximate surface area is 91.2 Å². The summed E-state index contributed by atoms with van der Waals surface area (Å²) >= 11 is 5.53. The molecule has 1 unspecified atom stereocenters. The van der Waals surface area contributed by atoms with Gasteiger partial charge in [-0.25, -0.2) is 13.2 Å². The van der Waals surface area contributed by atoms with Crippen LogP contribution in [0.4, 0.5) is 13.2 Å². The molecule has 0 aromatic heterocycles. The van der Waals surface area contributed by atoms with Crippen LogP contribution < -0.4 is 5.32 Å². The van der Waals surface area contributed by atoms with E-state index in [0.29, 0.717) is 6.54 Å². The highest BCUT2D eigenvalue weighted by atomic mass is 35.5. The summed E-state index contributed by atoms with van der Waals surface area (Å²) in [6.07, 6.45) is -2.65. The van der Waals surface area contributed by atoms with Crippen molar-refractivity contribution in [1.29, 1.82) is 0 Å². The molecule has 0 aliphatic rings. The van der Waals surface area contributed by atoms with Crippen LogP contribution in [0.3, 0.4) is 0 Å². The van der Waals surface area contributed by atoms with Gasteiger partial charge in [-0.15, -0.1) is 0 Å². The normalized spacial score (nSPS) is 13.2. The number of hydrogen-bond donors (Lipinski definition) is 1. The Morgan fingerprint density at radius 3 is 2.53 bits per heavy atom. The predicted octanol–water partition coefficient (Wildman–Crippen LogP) is 3.39. The van der Waals surface area contributed by atoms with Crippen molar-refractivity contribution < 1.29 is 13.2 Å². The molecular weight excluding hydrogens is 227 g/mol. The van der Waals surface area contributed by atoms with Crippen LogP contribution in [-0.4, -0.2) is 13.0 Å². The summed E-state index contributed by atoms with van der Waals surface area (Å²) in [7, 11) is 0. The van der Waals surface area contributed by atoms with Crippen molar-refractivity contribution in [3.8, 4) is 0 Å². The number of alkyl halides is 2. The lowest BCUT2D eigenvalue weighted by Gasteiger charge is -2.17. The van der Waals surface area contributed by atoms with Crippen molar-refractivity contribution in [1.82, 2.24) is 5.32 Å². The molecule has 5 heteroatoms. The molecule has 1 nitrogen and oxygen atoms in total. The van der Waals surface area contributed by atoms with E-state index in [1.165, 1.54) is 12.1 Å². The molecule has 0 bridgehead atoms. The minimum Gasteiger partial charge on any atom is -0.305 e. The van der Waals surface area contributed by atoms with Gasteiger partial charge in [0.2, 0.25) is 0 Å². The summed E-state index contributed by atoms with van der Waals surface area (Å²) in [5.41, 5.74) is -0.0590. The maximum atomic E-state index is 13.3. The van der Waals surface area contributed by atoms with E-state index in [4.69, 9.17) is 11.6 Å². The quantitative estimate of drug-likeness (QED) is 0.846. The van der Waals surface area contributed by atoms with Gasteiger partial charge in [-0.2, -0.15) is 0 Å². The van der Waals surface area contributed by atoms with E-state index in [-0.39, 0.29) is 10.6 Å². The first-order valence-corrected chi connectivity index (χ1v) is 4.90. The number of rotatable bonds is 4. The molecule has 0 amide bonds. The molecule has 1 atom stereocenters. The van der Waals surface area contributed by atoms with Crippen LogP contribution in [0.2, 0.25) is 5.02 Å². The number of benzene rings is 1. The van der Waals surface area contributed by atoms with Gasteiger partial charge in [0, 0.05) is 10.6 Å². The van der Waals surface area contributed by atoms with Gasteiger partial charge in [-0.1, -0.05) is 24.6 Å². The predicted molar refractivity (Wildman–Crippen MR) is 53.8 cm³/mol. The van der Waals surface area contributed by atoms with Gasteiger partial charge in [0.25, 0.3) is 6.43 Å². The van der Waals surface area contributed by atoms with Crippen LogP contribution in [0.5, 0.6) is 0 Å². The Balaban J connectivity index is 3.00. The summed E-state index contributed by atoms with van der Waals surface area (Å²) in [4.78, 5) is 0. The molecule has 0 radical (unpaired) electrons. The standard InChI is InChI=1S/C10H11ClF3N/c1-2-15-9(10(13)14)7-4-3-6(11)5-8(7)12/h3-5,9-10,15H,2H2,1H3. The second-order valence-electron chi connectivity index (χ2n) is 3.04. The van der Waals surface area contributed by atoms with Gasteiger partial charge in [0.15, 0.2) is 0 Å². The summed E-state index contributed by atoms with van der Waals surface area (Å²) in [5.74, 6) is -0.714. The number of halogens is 4. The first kappa shape index (κ1) is 12.3. The number of nitrogens with one attached hydrogen (secondary N) is 1. The van der Waals surface area contributed by atoms with Crippen LogP contribution in [0.25, 0.3) is 0 Å². The zero-order valence-electron chi connectivity index (χ0n) is 8.11. The fraction of sp³-hybridized carbons (Fsp3) is 0.400. The molecule has 1 aromatic carbocycles. The topological polar surface area (TPSA) is 12.0 Å². The largest absolute Gasteiger partial charge is 0.305 e. The van der Waals surface area contributed by atoms with Crippen molar-refractivity contribution >= 4 is 11.6 Å². The molecular formula is C10H11ClF3N. The maximum Gasteiger partial charge on any atom is 0.257 e. The highest BCUT2D eigenvalue weighted by Crippen LogP contribution is 2.25. The van der Waals surface area contributed by atoms with Crippen molar-refractivity contribution in [2.24, 2.45) is 0 Å². The molecule has 84 valence electrons. The summed E-state index contributed by atoms with van der Waals surface area (Å²) < 4.78 is 38.5. The molecule has 15 heavy (non-hydrogen) atoms. The third kappa shape index (κ3) is 3.11. The average molecular weight is 238 g/mol. The zero-order chi connectivity index (χ0) is 11.4. The average Bonchev–Trinajstić information content (AvgIpc) is 2.15. The van der Waals surface area contributed by atoms with Crippen LogP contribution in [-0.2, 0) is 0 Å². The van der Waals surface area contributed by atoms with Crippen molar-refractivity contribution in [3.05, 3.63) is 34.6 Å². The zero-order valence-corrected chi connectivity index (χ0v) is 8.86. The highest BCUT2D eigenvalue weighted by Gasteiger charge is 2.24. The SMILES string of the molecule is CCNC(c1ccc(Cl)cc1F)C(F)F. The van der Waals surface area contributed by atoms with Crippen LogP contribution >= 0.6 is 11.6 Å². The molecule has 0 fully saturated rings. The van der Waals surface area contributed by atoms with E-state index in [1.807, 2.05) is 0 Å². The van der Waals surface area contributed by atoms with Gasteiger partial charge in [0.1, 0.15) is 5.82 Å². The van der Waals surface area contributed by atoms with Crippen LogP contribution in [0.15, 0.2) is 18.2 Å². The van der Waals surface area contributed by atoms with Crippen molar-refractivity contribution in [2.45, 2.75) is 19.4 Å². The van der Waals surface area contributed by atoms with Gasteiger partial charge < -0.3 is 5.32 Å². The second-order valence-corrected chi connectivity index (χ2v) is 3.47. The van der Waals surface area contributed by atoms with E-state index >= 15 is 0 Å². The fourth-order valence-corrected chi connectivity index (χ4v) is 1.47. The van der Waals surface area contributed by atoms with Gasteiger partial charge in [0.05, 0.1) is 6.04 Å². The van der Waals surface area contributed by atoms with E-state index in [2.05, 4.69) is 5.32 Å². The van der Waals surface area contributed by atoms with Gasteiger partial charge in [-0.3, -0.25) is 0 Å².